The fourth-order valence-electron chi connectivity index (χ4n) is 1.70. The first-order valence-corrected chi connectivity index (χ1v) is 7.97. The van der Waals surface area contributed by atoms with Crippen LogP contribution in [0.25, 0.3) is 0 Å². The molecule has 1 rings (SSSR count). The Bertz CT molecular complexity index is 479. The number of hydrogen-bond acceptors (Lipinski definition) is 5. The summed E-state index contributed by atoms with van der Waals surface area (Å²) in [5, 5.41) is 5.89. The fraction of sp³-hybridized carbons (Fsp3) is 0.500. The van der Waals surface area contributed by atoms with Crippen molar-refractivity contribution in [2.24, 2.45) is 0 Å². The van der Waals surface area contributed by atoms with Gasteiger partial charge in [0.2, 0.25) is 0 Å². The van der Waals surface area contributed by atoms with E-state index in [2.05, 4.69) is 10.6 Å². The highest BCUT2D eigenvalue weighted by Gasteiger charge is 2.07. The summed E-state index contributed by atoms with van der Waals surface area (Å²) in [4.78, 5) is 12.0. The number of amides is 1. The SMILES string of the molecule is CCOCCOc1ccc(C(=O)NC(=S)NCCCOC)cc1. The zero-order valence-corrected chi connectivity index (χ0v) is 14.4. The van der Waals surface area contributed by atoms with Gasteiger partial charge in [0.15, 0.2) is 5.11 Å². The van der Waals surface area contributed by atoms with Crippen molar-refractivity contribution >= 4 is 23.2 Å². The van der Waals surface area contributed by atoms with Crippen LogP contribution in [-0.4, -0.2) is 51.1 Å². The molecule has 0 aliphatic rings. The van der Waals surface area contributed by atoms with Crippen molar-refractivity contribution in [3.8, 4) is 5.75 Å². The number of thiocarbonyl (C=S) groups is 1. The summed E-state index contributed by atoms with van der Waals surface area (Å²) >= 11 is 5.07. The molecule has 0 radical (unpaired) electrons. The van der Waals surface area contributed by atoms with Gasteiger partial charge in [-0.15, -0.1) is 0 Å². The Kier molecular flexibility index (Phi) is 9.94. The number of ether oxygens (including phenoxy) is 3. The maximum absolute atomic E-state index is 12.0. The van der Waals surface area contributed by atoms with E-state index < -0.39 is 0 Å². The topological polar surface area (TPSA) is 68.8 Å². The number of hydrogen-bond donors (Lipinski definition) is 2. The summed E-state index contributed by atoms with van der Waals surface area (Å²) in [7, 11) is 1.64. The van der Waals surface area contributed by atoms with Crippen LogP contribution >= 0.6 is 12.2 Å². The third-order valence-corrected chi connectivity index (χ3v) is 3.10. The molecule has 0 aliphatic heterocycles. The molecule has 6 nitrogen and oxygen atoms in total. The number of carbonyl (C=O) groups is 1. The highest BCUT2D eigenvalue weighted by atomic mass is 32.1. The average Bonchev–Trinajstić information content (AvgIpc) is 2.56. The predicted octanol–water partition coefficient (Wildman–Crippen LogP) is 1.74. The van der Waals surface area contributed by atoms with Crippen LogP contribution in [0.1, 0.15) is 23.7 Å². The third kappa shape index (κ3) is 8.49. The lowest BCUT2D eigenvalue weighted by atomic mass is 10.2. The Morgan fingerprint density at radius 2 is 1.91 bits per heavy atom. The summed E-state index contributed by atoms with van der Waals surface area (Å²) in [6, 6.07) is 6.88. The normalized spacial score (nSPS) is 10.2. The minimum Gasteiger partial charge on any atom is -0.491 e. The second kappa shape index (κ2) is 11.8. The molecule has 0 unspecified atom stereocenters. The van der Waals surface area contributed by atoms with Crippen LogP contribution in [0.5, 0.6) is 5.75 Å². The molecule has 0 spiro atoms. The first kappa shape index (κ1) is 19.3. The maximum atomic E-state index is 12.0. The highest BCUT2D eigenvalue weighted by Crippen LogP contribution is 2.12. The summed E-state index contributed by atoms with van der Waals surface area (Å²) < 4.78 is 15.6. The molecular formula is C16H24N2O4S. The molecule has 0 aliphatic carbocycles. The van der Waals surface area contributed by atoms with Gasteiger partial charge < -0.3 is 19.5 Å². The molecule has 0 bridgehead atoms. The summed E-state index contributed by atoms with van der Waals surface area (Å²) in [5.41, 5.74) is 0.517. The molecule has 0 aromatic heterocycles. The Morgan fingerprint density at radius 1 is 1.17 bits per heavy atom. The number of nitrogens with one attached hydrogen (secondary N) is 2. The van der Waals surface area contributed by atoms with Crippen LogP contribution in [0.4, 0.5) is 0 Å². The molecule has 128 valence electrons. The molecule has 1 aromatic carbocycles. The minimum atomic E-state index is -0.255. The van der Waals surface area contributed by atoms with Gasteiger partial charge >= 0.3 is 0 Å². The summed E-state index contributed by atoms with van der Waals surface area (Å²) in [6.45, 7) is 4.93. The number of methoxy groups -OCH3 is 1. The highest BCUT2D eigenvalue weighted by molar-refractivity contribution is 7.80. The second-order valence-electron chi connectivity index (χ2n) is 4.63. The fourth-order valence-corrected chi connectivity index (χ4v) is 1.90. The molecule has 7 heteroatoms. The number of carbonyl (C=O) groups excluding carboxylic acids is 1. The molecule has 0 atom stereocenters. The zero-order valence-electron chi connectivity index (χ0n) is 13.6. The van der Waals surface area contributed by atoms with E-state index in [0.29, 0.717) is 49.4 Å². The van der Waals surface area contributed by atoms with Crippen LogP contribution in [0, 0.1) is 0 Å². The van der Waals surface area contributed by atoms with E-state index in [1.807, 2.05) is 6.92 Å². The van der Waals surface area contributed by atoms with Crippen LogP contribution < -0.4 is 15.4 Å². The second-order valence-corrected chi connectivity index (χ2v) is 5.03. The van der Waals surface area contributed by atoms with E-state index in [9.17, 15) is 4.79 Å². The van der Waals surface area contributed by atoms with Crippen molar-refractivity contribution in [2.75, 3.05) is 40.1 Å². The van der Waals surface area contributed by atoms with Gasteiger partial charge in [-0.05, 0) is 49.8 Å². The Hall–Kier alpha value is -1.70. The third-order valence-electron chi connectivity index (χ3n) is 2.85. The van der Waals surface area contributed by atoms with Gasteiger partial charge in [-0.3, -0.25) is 10.1 Å². The van der Waals surface area contributed by atoms with Gasteiger partial charge in [-0.2, -0.15) is 0 Å². The van der Waals surface area contributed by atoms with Crippen LogP contribution in [0.3, 0.4) is 0 Å². The number of benzene rings is 1. The zero-order chi connectivity index (χ0) is 16.9. The molecule has 0 fully saturated rings. The molecule has 0 saturated carbocycles. The Morgan fingerprint density at radius 3 is 2.57 bits per heavy atom. The molecule has 0 heterocycles. The molecule has 0 saturated heterocycles. The van der Waals surface area contributed by atoms with E-state index in [1.54, 1.807) is 31.4 Å². The van der Waals surface area contributed by atoms with Gasteiger partial charge in [0.05, 0.1) is 6.61 Å². The lowest BCUT2D eigenvalue weighted by Crippen LogP contribution is -2.39. The standard InChI is InChI=1S/C16H24N2O4S/c1-3-21-11-12-22-14-7-5-13(6-8-14)15(19)18-16(23)17-9-4-10-20-2/h5-8H,3-4,9-12H2,1-2H3,(H2,17,18,19,23). The first-order chi connectivity index (χ1) is 11.2. The Balaban J connectivity index is 2.34. The van der Waals surface area contributed by atoms with Crippen LogP contribution in [0.15, 0.2) is 24.3 Å². The average molecular weight is 340 g/mol. The van der Waals surface area contributed by atoms with Crippen molar-refractivity contribution in [1.82, 2.24) is 10.6 Å². The van der Waals surface area contributed by atoms with Crippen molar-refractivity contribution in [3.63, 3.8) is 0 Å². The van der Waals surface area contributed by atoms with E-state index in [0.717, 1.165) is 6.42 Å². The van der Waals surface area contributed by atoms with E-state index in [-0.39, 0.29) is 5.91 Å². The van der Waals surface area contributed by atoms with Crippen molar-refractivity contribution in [2.45, 2.75) is 13.3 Å². The van der Waals surface area contributed by atoms with Crippen molar-refractivity contribution in [1.29, 1.82) is 0 Å². The van der Waals surface area contributed by atoms with Gasteiger partial charge in [0, 0.05) is 32.4 Å². The molecule has 2 N–H and O–H groups in total. The maximum Gasteiger partial charge on any atom is 0.257 e. The van der Waals surface area contributed by atoms with Crippen molar-refractivity contribution < 1.29 is 19.0 Å². The first-order valence-electron chi connectivity index (χ1n) is 7.56. The largest absolute Gasteiger partial charge is 0.491 e. The van der Waals surface area contributed by atoms with Crippen LogP contribution in [0.2, 0.25) is 0 Å². The van der Waals surface area contributed by atoms with E-state index in [1.165, 1.54) is 0 Å². The predicted molar refractivity (Wildman–Crippen MR) is 93.0 cm³/mol. The lowest BCUT2D eigenvalue weighted by molar-refractivity contribution is 0.0976. The Labute approximate surface area is 142 Å². The van der Waals surface area contributed by atoms with E-state index in [4.69, 9.17) is 26.4 Å². The van der Waals surface area contributed by atoms with E-state index >= 15 is 0 Å². The summed E-state index contributed by atoms with van der Waals surface area (Å²) in [5.74, 6) is 0.441. The smallest absolute Gasteiger partial charge is 0.257 e. The van der Waals surface area contributed by atoms with Crippen LogP contribution in [-0.2, 0) is 9.47 Å². The van der Waals surface area contributed by atoms with Gasteiger partial charge in [-0.1, -0.05) is 0 Å². The van der Waals surface area contributed by atoms with Gasteiger partial charge in [0.25, 0.3) is 5.91 Å². The monoisotopic (exact) mass is 340 g/mol. The number of rotatable bonds is 10. The van der Waals surface area contributed by atoms with Gasteiger partial charge in [0.1, 0.15) is 12.4 Å². The molecule has 1 amide bonds. The quantitative estimate of drug-likeness (QED) is 0.499. The molecule has 23 heavy (non-hydrogen) atoms. The molecular weight excluding hydrogens is 316 g/mol. The molecule has 1 aromatic rings. The van der Waals surface area contributed by atoms with Crippen molar-refractivity contribution in [3.05, 3.63) is 29.8 Å². The summed E-state index contributed by atoms with van der Waals surface area (Å²) in [6.07, 6.45) is 0.820. The van der Waals surface area contributed by atoms with Gasteiger partial charge in [-0.25, -0.2) is 0 Å². The lowest BCUT2D eigenvalue weighted by Gasteiger charge is -2.10. The minimum absolute atomic E-state index is 0.255.